The van der Waals surface area contributed by atoms with Crippen LogP contribution >= 0.6 is 0 Å². The van der Waals surface area contributed by atoms with Gasteiger partial charge in [-0.3, -0.25) is 4.79 Å². The first-order valence-corrected chi connectivity index (χ1v) is 10.5. The zero-order valence-corrected chi connectivity index (χ0v) is 20.8. The van der Waals surface area contributed by atoms with Gasteiger partial charge in [0.25, 0.3) is 0 Å². The van der Waals surface area contributed by atoms with Crippen molar-refractivity contribution in [2.45, 2.75) is 27.7 Å². The van der Waals surface area contributed by atoms with Crippen LogP contribution in [0, 0.1) is 6.92 Å². The first-order chi connectivity index (χ1) is 15.7. The Labute approximate surface area is 198 Å². The van der Waals surface area contributed by atoms with Gasteiger partial charge in [0.1, 0.15) is 0 Å². The summed E-state index contributed by atoms with van der Waals surface area (Å²) in [4.78, 5) is 13.2. The summed E-state index contributed by atoms with van der Waals surface area (Å²) < 4.78 is 15.4. The van der Waals surface area contributed by atoms with E-state index in [-0.39, 0.29) is 5.78 Å². The fraction of sp³-hybridized carbons (Fsp3) is 0.250. The number of carbonyl (C=O) groups is 1. The Kier molecular flexibility index (Phi) is 11.3. The van der Waals surface area contributed by atoms with Gasteiger partial charge in [-0.15, -0.1) is 0 Å². The molecule has 0 unspecified atom stereocenters. The first kappa shape index (κ1) is 27.3. The van der Waals surface area contributed by atoms with E-state index in [4.69, 9.17) is 14.2 Å². The van der Waals surface area contributed by atoms with Crippen molar-refractivity contribution < 1.29 is 19.0 Å². The molecule has 0 aliphatic carbocycles. The summed E-state index contributed by atoms with van der Waals surface area (Å²) in [5.74, 6) is 1.42. The van der Waals surface area contributed by atoms with Crippen molar-refractivity contribution in [2.24, 2.45) is 0 Å². The molecule has 176 valence electrons. The molecule has 33 heavy (non-hydrogen) atoms. The maximum absolute atomic E-state index is 11.2. The van der Waals surface area contributed by atoms with Crippen LogP contribution in [0.25, 0.3) is 5.57 Å². The molecule has 0 saturated carbocycles. The average molecular weight is 450 g/mol. The van der Waals surface area contributed by atoms with Crippen molar-refractivity contribution in [1.82, 2.24) is 4.90 Å². The Morgan fingerprint density at radius 2 is 1.55 bits per heavy atom. The number of allylic oxidation sites excluding steroid dienone is 4. The van der Waals surface area contributed by atoms with Gasteiger partial charge in [-0.25, -0.2) is 0 Å². The van der Waals surface area contributed by atoms with Crippen LogP contribution in [-0.4, -0.2) is 32.0 Å². The van der Waals surface area contributed by atoms with Gasteiger partial charge in [0.2, 0.25) is 5.75 Å². The number of Topliss-reactive ketones (excluding diaryl/α,β-unsaturated/α-hetero) is 1. The van der Waals surface area contributed by atoms with Gasteiger partial charge in [0.15, 0.2) is 17.3 Å². The molecule has 0 aromatic heterocycles. The van der Waals surface area contributed by atoms with Crippen LogP contribution in [0.1, 0.15) is 42.3 Å². The summed E-state index contributed by atoms with van der Waals surface area (Å²) in [7, 11) is 4.55. The number of hydrogen-bond donors (Lipinski definition) is 0. The molecule has 0 spiro atoms. The molecule has 0 saturated heterocycles. The number of benzene rings is 2. The molecule has 2 aromatic rings. The number of hydrogen-bond acceptors (Lipinski definition) is 5. The lowest BCUT2D eigenvalue weighted by Gasteiger charge is -2.16. The van der Waals surface area contributed by atoms with E-state index in [2.05, 4.69) is 57.5 Å². The molecule has 0 fully saturated rings. The molecule has 2 aromatic carbocycles. The summed E-state index contributed by atoms with van der Waals surface area (Å²) in [6.45, 7) is 15.3. The van der Waals surface area contributed by atoms with E-state index in [9.17, 15) is 4.79 Å². The van der Waals surface area contributed by atoms with Crippen molar-refractivity contribution in [3.63, 3.8) is 0 Å². The van der Waals surface area contributed by atoms with Gasteiger partial charge in [0, 0.05) is 23.7 Å². The largest absolute Gasteiger partial charge is 0.493 e. The van der Waals surface area contributed by atoms with Gasteiger partial charge in [0.05, 0.1) is 21.3 Å². The van der Waals surface area contributed by atoms with Crippen molar-refractivity contribution in [3.05, 3.63) is 96.5 Å². The Morgan fingerprint density at radius 3 is 1.97 bits per heavy atom. The maximum Gasteiger partial charge on any atom is 0.203 e. The summed E-state index contributed by atoms with van der Waals surface area (Å²) in [6, 6.07) is 11.7. The third-order valence-electron chi connectivity index (χ3n) is 4.70. The Bertz CT molecular complexity index is 1010. The maximum atomic E-state index is 11.2. The van der Waals surface area contributed by atoms with Crippen molar-refractivity contribution >= 4 is 11.4 Å². The second kappa shape index (κ2) is 13.6. The lowest BCUT2D eigenvalue weighted by atomic mass is 10.1. The van der Waals surface area contributed by atoms with E-state index in [1.165, 1.54) is 45.0 Å². The SMILES string of the molecule is C=C/C=C\N(/C=C(\C)c1cccc(C)c1)C(=C)C.COc1cc(C(C)=O)cc(OC)c1OC. The molecule has 2 rings (SSSR count). The van der Waals surface area contributed by atoms with E-state index in [1.807, 2.05) is 24.1 Å². The minimum atomic E-state index is -0.0470. The Hall–Kier alpha value is -3.73. The number of ketones is 1. The molecule has 5 heteroatoms. The second-order valence-electron chi connectivity index (χ2n) is 7.37. The molecule has 0 N–H and O–H groups in total. The number of rotatable bonds is 9. The average Bonchev–Trinajstić information content (AvgIpc) is 2.80. The minimum Gasteiger partial charge on any atom is -0.493 e. The summed E-state index contributed by atoms with van der Waals surface area (Å²) in [5.41, 5.74) is 5.21. The summed E-state index contributed by atoms with van der Waals surface area (Å²) >= 11 is 0. The topological polar surface area (TPSA) is 48.0 Å². The van der Waals surface area contributed by atoms with E-state index in [0.29, 0.717) is 22.8 Å². The number of ether oxygens (including phenoxy) is 3. The van der Waals surface area contributed by atoms with Crippen LogP contribution in [0.3, 0.4) is 0 Å². The molecule has 0 radical (unpaired) electrons. The minimum absolute atomic E-state index is 0.0470. The quantitative estimate of drug-likeness (QED) is 0.311. The number of nitrogens with zero attached hydrogens (tertiary/aromatic N) is 1. The molecule has 5 nitrogen and oxygen atoms in total. The van der Waals surface area contributed by atoms with Gasteiger partial charge < -0.3 is 19.1 Å². The molecule has 0 amide bonds. The predicted molar refractivity (Wildman–Crippen MR) is 137 cm³/mol. The van der Waals surface area contributed by atoms with E-state index < -0.39 is 0 Å². The standard InChI is InChI=1S/C17H21N.C11H14O4/c1-6-7-11-18(14(2)3)13-16(5)17-10-8-9-15(4)12-17;1-7(12)8-5-9(13-2)11(15-4)10(6-8)14-3/h6-13H,1-2H2,3-5H3;5-6H,1-4H3/b11-7-,16-13+;. The first-order valence-electron chi connectivity index (χ1n) is 10.5. The van der Waals surface area contributed by atoms with Crippen LogP contribution in [0.2, 0.25) is 0 Å². The Morgan fingerprint density at radius 1 is 0.939 bits per heavy atom. The van der Waals surface area contributed by atoms with Crippen LogP contribution in [0.15, 0.2) is 79.8 Å². The zero-order chi connectivity index (χ0) is 25.0. The number of methoxy groups -OCH3 is 3. The van der Waals surface area contributed by atoms with E-state index >= 15 is 0 Å². The third-order valence-corrected chi connectivity index (χ3v) is 4.70. The Balaban J connectivity index is 0.000000335. The molecule has 0 aliphatic rings. The molecule has 0 aliphatic heterocycles. The van der Waals surface area contributed by atoms with Gasteiger partial charge >= 0.3 is 0 Å². The smallest absolute Gasteiger partial charge is 0.203 e. The van der Waals surface area contributed by atoms with Gasteiger partial charge in [-0.1, -0.05) is 49.1 Å². The monoisotopic (exact) mass is 449 g/mol. The fourth-order valence-corrected chi connectivity index (χ4v) is 2.89. The normalized spacial score (nSPS) is 10.7. The van der Waals surface area contributed by atoms with Crippen LogP contribution in [0.4, 0.5) is 0 Å². The third kappa shape index (κ3) is 8.37. The van der Waals surface area contributed by atoms with Crippen LogP contribution in [0.5, 0.6) is 17.2 Å². The summed E-state index contributed by atoms with van der Waals surface area (Å²) in [6.07, 6.45) is 7.69. The molecule has 0 heterocycles. The lowest BCUT2D eigenvalue weighted by Crippen LogP contribution is -2.05. The zero-order valence-electron chi connectivity index (χ0n) is 20.8. The van der Waals surface area contributed by atoms with Gasteiger partial charge in [-0.2, -0.15) is 0 Å². The molecule has 0 atom stereocenters. The fourth-order valence-electron chi connectivity index (χ4n) is 2.89. The van der Waals surface area contributed by atoms with Crippen molar-refractivity contribution in [3.8, 4) is 17.2 Å². The highest BCUT2D eigenvalue weighted by molar-refractivity contribution is 5.95. The molecule has 0 bridgehead atoms. The molecular formula is C28H35NO4. The van der Waals surface area contributed by atoms with Crippen LogP contribution < -0.4 is 14.2 Å². The molecular weight excluding hydrogens is 414 g/mol. The van der Waals surface area contributed by atoms with Crippen molar-refractivity contribution in [1.29, 1.82) is 0 Å². The highest BCUT2D eigenvalue weighted by atomic mass is 16.5. The number of aryl methyl sites for hydroxylation is 1. The second-order valence-corrected chi connectivity index (χ2v) is 7.37. The number of carbonyl (C=O) groups excluding carboxylic acids is 1. The summed E-state index contributed by atoms with van der Waals surface area (Å²) in [5, 5.41) is 0. The highest BCUT2D eigenvalue weighted by Crippen LogP contribution is 2.38. The predicted octanol–water partition coefficient (Wildman–Crippen LogP) is 6.81. The van der Waals surface area contributed by atoms with Gasteiger partial charge in [-0.05, 0) is 57.0 Å². The highest BCUT2D eigenvalue weighted by Gasteiger charge is 2.14. The van der Waals surface area contributed by atoms with E-state index in [1.54, 1.807) is 18.2 Å². The van der Waals surface area contributed by atoms with E-state index in [0.717, 1.165) is 5.70 Å². The van der Waals surface area contributed by atoms with Crippen molar-refractivity contribution in [2.75, 3.05) is 21.3 Å². The lowest BCUT2D eigenvalue weighted by molar-refractivity contribution is 0.101. The van der Waals surface area contributed by atoms with Crippen LogP contribution in [-0.2, 0) is 0 Å².